The molecule has 1 heterocycles. The Labute approximate surface area is 187 Å². The number of nitrogens with one attached hydrogen (secondary N) is 1. The number of carbonyl (C=O) groups excluding carboxylic acids is 1. The minimum absolute atomic E-state index is 0.110. The number of carbonyl (C=O) groups is 1. The molecule has 2 aromatic carbocycles. The normalized spacial score (nSPS) is 15.3. The van der Waals surface area contributed by atoms with Gasteiger partial charge in [-0.05, 0) is 70.5 Å². The average Bonchev–Trinajstić information content (AvgIpc) is 2.90. The summed E-state index contributed by atoms with van der Waals surface area (Å²) < 4.78 is 6.62. The molecule has 1 fully saturated rings. The Morgan fingerprint density at radius 1 is 1.25 bits per heavy atom. The minimum Gasteiger partial charge on any atom is -0.488 e. The van der Waals surface area contributed by atoms with Crippen molar-refractivity contribution in [2.24, 2.45) is 0 Å². The second-order valence-electron chi connectivity index (χ2n) is 6.16. The van der Waals surface area contributed by atoms with Gasteiger partial charge in [-0.1, -0.05) is 42.3 Å². The molecule has 0 bridgehead atoms. The van der Waals surface area contributed by atoms with Crippen LogP contribution in [0.25, 0.3) is 6.08 Å². The second-order valence-corrected chi connectivity index (χ2v) is 8.24. The van der Waals surface area contributed by atoms with E-state index in [1.54, 1.807) is 23.1 Å². The van der Waals surface area contributed by atoms with E-state index in [1.165, 1.54) is 0 Å². The lowest BCUT2D eigenvalue weighted by Crippen LogP contribution is -2.31. The lowest BCUT2D eigenvalue weighted by atomic mass is 10.2. The maximum Gasteiger partial charge on any atom is 0.276 e. The third-order valence-corrected chi connectivity index (χ3v) is 5.60. The first-order chi connectivity index (χ1) is 13.4. The summed E-state index contributed by atoms with van der Waals surface area (Å²) in [6.07, 6.45) is 2.62. The first-order valence-electron chi connectivity index (χ1n) is 8.60. The van der Waals surface area contributed by atoms with E-state index >= 15 is 0 Å². The van der Waals surface area contributed by atoms with Gasteiger partial charge in [-0.15, -0.1) is 0 Å². The van der Waals surface area contributed by atoms with Crippen LogP contribution in [0.2, 0.25) is 10.0 Å². The molecule has 1 N–H and O–H groups in total. The van der Waals surface area contributed by atoms with Crippen LogP contribution in [0, 0.1) is 0 Å². The van der Waals surface area contributed by atoms with E-state index < -0.39 is 0 Å². The molecule has 0 unspecified atom stereocenters. The van der Waals surface area contributed by atoms with Gasteiger partial charge in [0, 0.05) is 22.2 Å². The Balaban J connectivity index is 1.72. The van der Waals surface area contributed by atoms with Gasteiger partial charge in [-0.25, -0.2) is 0 Å². The Hall–Kier alpha value is -1.60. The number of benzene rings is 2. The highest BCUT2D eigenvalue weighted by atomic mass is 79.9. The van der Waals surface area contributed by atoms with Crippen LogP contribution in [0.15, 0.2) is 46.6 Å². The monoisotopic (exact) mass is 498 g/mol. The quantitative estimate of drug-likeness (QED) is 0.402. The Kier molecular flexibility index (Phi) is 6.99. The van der Waals surface area contributed by atoms with Crippen LogP contribution in [-0.4, -0.2) is 22.5 Å². The molecule has 3 rings (SSSR count). The van der Waals surface area contributed by atoms with E-state index in [9.17, 15) is 4.79 Å². The van der Waals surface area contributed by atoms with E-state index in [2.05, 4.69) is 21.2 Å². The number of thiocarbonyl (C=S) groups is 1. The fraction of sp³-hybridized carbons (Fsp3) is 0.200. The van der Waals surface area contributed by atoms with E-state index in [-0.39, 0.29) is 5.91 Å². The fourth-order valence-electron chi connectivity index (χ4n) is 2.68. The molecule has 1 aliphatic heterocycles. The van der Waals surface area contributed by atoms with Crippen LogP contribution in [0.1, 0.15) is 24.5 Å². The van der Waals surface area contributed by atoms with Gasteiger partial charge < -0.3 is 10.1 Å². The Morgan fingerprint density at radius 2 is 2.04 bits per heavy atom. The third kappa shape index (κ3) is 4.87. The van der Waals surface area contributed by atoms with E-state index in [1.807, 2.05) is 31.2 Å². The molecule has 0 aromatic heterocycles. The predicted molar refractivity (Wildman–Crippen MR) is 121 cm³/mol. The molecule has 1 amide bonds. The van der Waals surface area contributed by atoms with Gasteiger partial charge in [-0.2, -0.15) is 0 Å². The third-order valence-electron chi connectivity index (χ3n) is 4.07. The fourth-order valence-corrected chi connectivity index (χ4v) is 3.94. The highest BCUT2D eigenvalue weighted by Gasteiger charge is 2.29. The summed E-state index contributed by atoms with van der Waals surface area (Å²) in [5.41, 5.74) is 2.15. The molecule has 0 spiro atoms. The number of nitrogens with zero attached hydrogens (tertiary/aromatic N) is 1. The summed E-state index contributed by atoms with van der Waals surface area (Å²) in [6, 6.07) is 10.9. The molecule has 1 aliphatic rings. The first-order valence-corrected chi connectivity index (χ1v) is 10.6. The standard InChI is InChI=1S/C20H17BrCl2N2O2S/c1-2-7-25-19(26)17(24-20(25)28)9-12-3-6-18(15(21)8-12)27-11-13-4-5-14(22)10-16(13)23/h3-6,8-10H,2,7,11H2,1H3,(H,24,28)/b17-9-. The molecule has 1 saturated heterocycles. The minimum atomic E-state index is -0.110. The number of amides is 1. The van der Waals surface area contributed by atoms with Gasteiger partial charge in [-0.3, -0.25) is 9.69 Å². The Bertz CT molecular complexity index is 965. The molecule has 28 heavy (non-hydrogen) atoms. The number of rotatable bonds is 6. The molecule has 0 saturated carbocycles. The maximum absolute atomic E-state index is 12.4. The summed E-state index contributed by atoms with van der Waals surface area (Å²) in [5.74, 6) is 0.558. The van der Waals surface area contributed by atoms with Crippen LogP contribution >= 0.6 is 51.3 Å². The van der Waals surface area contributed by atoms with Crippen molar-refractivity contribution in [1.82, 2.24) is 10.2 Å². The maximum atomic E-state index is 12.4. The summed E-state index contributed by atoms with van der Waals surface area (Å²) in [5, 5.41) is 4.56. The lowest BCUT2D eigenvalue weighted by molar-refractivity contribution is -0.122. The van der Waals surface area contributed by atoms with Crippen molar-refractivity contribution in [1.29, 1.82) is 0 Å². The van der Waals surface area contributed by atoms with Crippen molar-refractivity contribution in [3.63, 3.8) is 0 Å². The zero-order valence-corrected chi connectivity index (χ0v) is 18.9. The van der Waals surface area contributed by atoms with Crippen LogP contribution < -0.4 is 10.1 Å². The van der Waals surface area contributed by atoms with E-state index in [0.717, 1.165) is 22.0 Å². The zero-order valence-electron chi connectivity index (χ0n) is 15.0. The first kappa shape index (κ1) is 21.1. The average molecular weight is 500 g/mol. The predicted octanol–water partition coefficient (Wildman–Crippen LogP) is 5.80. The molecule has 146 valence electrons. The number of hydrogen-bond donors (Lipinski definition) is 1. The summed E-state index contributed by atoms with van der Waals surface area (Å²) >= 11 is 20.8. The van der Waals surface area contributed by atoms with Gasteiger partial charge in [0.1, 0.15) is 18.1 Å². The molecular formula is C20H17BrCl2N2O2S. The zero-order chi connectivity index (χ0) is 20.3. The van der Waals surface area contributed by atoms with Crippen LogP contribution in [0.5, 0.6) is 5.75 Å². The molecule has 4 nitrogen and oxygen atoms in total. The van der Waals surface area contributed by atoms with Gasteiger partial charge >= 0.3 is 0 Å². The SMILES string of the molecule is CCCN1C(=O)/C(=C/c2ccc(OCc3ccc(Cl)cc3Cl)c(Br)c2)NC1=S. The smallest absolute Gasteiger partial charge is 0.276 e. The molecular weight excluding hydrogens is 483 g/mol. The summed E-state index contributed by atoms with van der Waals surface area (Å²) in [6.45, 7) is 2.92. The molecule has 0 radical (unpaired) electrons. The largest absolute Gasteiger partial charge is 0.488 e. The van der Waals surface area contributed by atoms with E-state index in [0.29, 0.717) is 39.8 Å². The topological polar surface area (TPSA) is 41.6 Å². The summed E-state index contributed by atoms with van der Waals surface area (Å²) in [7, 11) is 0. The van der Waals surface area contributed by atoms with E-state index in [4.69, 9.17) is 40.2 Å². The molecule has 0 atom stereocenters. The van der Waals surface area contributed by atoms with Crippen molar-refractivity contribution in [2.75, 3.05) is 6.54 Å². The number of halogens is 3. The number of ether oxygens (including phenoxy) is 1. The van der Waals surface area contributed by atoms with Crippen molar-refractivity contribution < 1.29 is 9.53 Å². The van der Waals surface area contributed by atoms with Crippen molar-refractivity contribution in [3.05, 3.63) is 67.7 Å². The van der Waals surface area contributed by atoms with Crippen LogP contribution in [0.3, 0.4) is 0 Å². The van der Waals surface area contributed by atoms with Crippen LogP contribution in [0.4, 0.5) is 0 Å². The van der Waals surface area contributed by atoms with Gasteiger partial charge in [0.2, 0.25) is 0 Å². The van der Waals surface area contributed by atoms with Crippen molar-refractivity contribution in [3.8, 4) is 5.75 Å². The second kappa shape index (κ2) is 9.27. The number of hydrogen-bond acceptors (Lipinski definition) is 3. The summed E-state index contributed by atoms with van der Waals surface area (Å²) in [4.78, 5) is 14.0. The van der Waals surface area contributed by atoms with Crippen LogP contribution in [-0.2, 0) is 11.4 Å². The highest BCUT2D eigenvalue weighted by molar-refractivity contribution is 9.10. The Morgan fingerprint density at radius 3 is 2.71 bits per heavy atom. The molecule has 2 aromatic rings. The van der Waals surface area contributed by atoms with Gasteiger partial charge in [0.05, 0.1) is 4.47 Å². The molecule has 0 aliphatic carbocycles. The lowest BCUT2D eigenvalue weighted by Gasteiger charge is -2.11. The van der Waals surface area contributed by atoms with Crippen molar-refractivity contribution in [2.45, 2.75) is 20.0 Å². The van der Waals surface area contributed by atoms with Crippen molar-refractivity contribution >= 4 is 68.4 Å². The van der Waals surface area contributed by atoms with Gasteiger partial charge in [0.15, 0.2) is 5.11 Å². The highest BCUT2D eigenvalue weighted by Crippen LogP contribution is 2.29. The van der Waals surface area contributed by atoms with Gasteiger partial charge in [0.25, 0.3) is 5.91 Å². The molecule has 8 heteroatoms.